The van der Waals surface area contributed by atoms with Gasteiger partial charge in [-0.05, 0) is 17.7 Å². The fraction of sp³-hybridized carbons (Fsp3) is 0.118. The second-order valence-electron chi connectivity index (χ2n) is 5.34. The molecule has 1 aliphatic heterocycles. The number of fused-ring (bicyclic) bond motifs is 1. The first-order valence-corrected chi connectivity index (χ1v) is 9.09. The van der Waals surface area contributed by atoms with E-state index >= 15 is 0 Å². The molecule has 4 rings (SSSR count). The molecule has 2 heterocycles. The quantitative estimate of drug-likeness (QED) is 0.675. The zero-order chi connectivity index (χ0) is 16.5. The lowest BCUT2D eigenvalue weighted by atomic mass is 10.1. The third kappa shape index (κ3) is 3.07. The molecule has 0 saturated heterocycles. The summed E-state index contributed by atoms with van der Waals surface area (Å²) >= 11 is 13.7. The van der Waals surface area contributed by atoms with Crippen LogP contribution < -0.4 is 0 Å². The Kier molecular flexibility index (Phi) is 4.31. The first-order chi connectivity index (χ1) is 11.7. The molecule has 0 bridgehead atoms. The van der Waals surface area contributed by atoms with Gasteiger partial charge in [-0.1, -0.05) is 71.4 Å². The Balaban J connectivity index is 1.69. The molecule has 7 heteroatoms. The van der Waals surface area contributed by atoms with Crippen molar-refractivity contribution in [2.75, 3.05) is 5.75 Å². The fourth-order valence-corrected chi connectivity index (χ4v) is 3.63. The van der Waals surface area contributed by atoms with Crippen LogP contribution in [0.5, 0.6) is 0 Å². The van der Waals surface area contributed by atoms with Gasteiger partial charge in [-0.15, -0.1) is 10.2 Å². The Labute approximate surface area is 153 Å². The Hall–Kier alpha value is -1.82. The zero-order valence-corrected chi connectivity index (χ0v) is 14.8. The molecule has 1 aromatic heterocycles. The highest BCUT2D eigenvalue weighted by Gasteiger charge is 2.20. The molecule has 2 aromatic carbocycles. The minimum Gasteiger partial charge on any atom is -0.191 e. The largest absolute Gasteiger partial charge is 0.212 e. The van der Waals surface area contributed by atoms with Crippen molar-refractivity contribution in [1.29, 1.82) is 0 Å². The van der Waals surface area contributed by atoms with E-state index in [0.29, 0.717) is 16.5 Å². The molecule has 24 heavy (non-hydrogen) atoms. The van der Waals surface area contributed by atoms with E-state index < -0.39 is 0 Å². The van der Waals surface area contributed by atoms with E-state index in [1.807, 2.05) is 35.0 Å². The monoisotopic (exact) mass is 374 g/mol. The lowest BCUT2D eigenvalue weighted by Gasteiger charge is -2.14. The zero-order valence-electron chi connectivity index (χ0n) is 12.5. The van der Waals surface area contributed by atoms with Gasteiger partial charge in [0, 0.05) is 17.7 Å². The van der Waals surface area contributed by atoms with Crippen LogP contribution in [0.15, 0.2) is 58.8 Å². The van der Waals surface area contributed by atoms with Crippen molar-refractivity contribution in [3.8, 4) is 0 Å². The van der Waals surface area contributed by atoms with Gasteiger partial charge in [-0.2, -0.15) is 9.78 Å². The summed E-state index contributed by atoms with van der Waals surface area (Å²) in [5.74, 6) is 1.54. The molecule has 0 N–H and O–H groups in total. The topological polar surface area (TPSA) is 43.1 Å². The predicted molar refractivity (Wildman–Crippen MR) is 98.4 cm³/mol. The molecule has 0 atom stereocenters. The van der Waals surface area contributed by atoms with E-state index in [-0.39, 0.29) is 0 Å². The van der Waals surface area contributed by atoms with Crippen molar-refractivity contribution in [3.05, 3.63) is 75.5 Å². The SMILES string of the molecule is Clc1ccc(C2=Nn3c(Cc4ccccc4)nnc3SC2)cc1Cl. The molecule has 120 valence electrons. The molecule has 0 aliphatic carbocycles. The molecular formula is C17H12Cl2N4S. The van der Waals surface area contributed by atoms with Gasteiger partial charge in [0.25, 0.3) is 0 Å². The van der Waals surface area contributed by atoms with E-state index in [4.69, 9.17) is 28.3 Å². The molecule has 0 amide bonds. The van der Waals surface area contributed by atoms with E-state index in [2.05, 4.69) is 22.3 Å². The lowest BCUT2D eigenvalue weighted by Crippen LogP contribution is -2.14. The number of hydrogen-bond donors (Lipinski definition) is 0. The lowest BCUT2D eigenvalue weighted by molar-refractivity contribution is 0.720. The third-order valence-corrected chi connectivity index (χ3v) is 5.36. The standard InChI is InChI=1S/C17H12Cl2N4S/c18-13-7-6-12(9-14(13)19)15-10-24-17-21-20-16(23(17)22-15)8-11-4-2-1-3-5-11/h1-7,9H,8,10H2. The van der Waals surface area contributed by atoms with Gasteiger partial charge in [-0.3, -0.25) is 0 Å². The summed E-state index contributed by atoms with van der Waals surface area (Å²) in [5, 5.41) is 15.1. The van der Waals surface area contributed by atoms with Crippen molar-refractivity contribution in [2.45, 2.75) is 11.6 Å². The van der Waals surface area contributed by atoms with Crippen LogP contribution in [0, 0.1) is 0 Å². The summed E-state index contributed by atoms with van der Waals surface area (Å²) in [7, 11) is 0. The fourth-order valence-electron chi connectivity index (χ4n) is 2.47. The van der Waals surface area contributed by atoms with Gasteiger partial charge >= 0.3 is 0 Å². The van der Waals surface area contributed by atoms with Crippen molar-refractivity contribution in [1.82, 2.24) is 14.9 Å². The molecular weight excluding hydrogens is 363 g/mol. The molecule has 3 aromatic rings. The molecule has 4 nitrogen and oxygen atoms in total. The van der Waals surface area contributed by atoms with Crippen LogP contribution in [0.25, 0.3) is 0 Å². The van der Waals surface area contributed by atoms with Crippen LogP contribution in [0.4, 0.5) is 0 Å². The van der Waals surface area contributed by atoms with Gasteiger partial charge in [0.15, 0.2) is 5.82 Å². The van der Waals surface area contributed by atoms with E-state index in [0.717, 1.165) is 28.0 Å². The van der Waals surface area contributed by atoms with Crippen LogP contribution in [0.3, 0.4) is 0 Å². The number of aromatic nitrogens is 3. The first kappa shape index (κ1) is 15.7. The number of rotatable bonds is 3. The Bertz CT molecular complexity index is 922. The van der Waals surface area contributed by atoms with E-state index in [9.17, 15) is 0 Å². The van der Waals surface area contributed by atoms with Crippen molar-refractivity contribution >= 4 is 40.7 Å². The van der Waals surface area contributed by atoms with Gasteiger partial charge in [0.1, 0.15) is 0 Å². The van der Waals surface area contributed by atoms with Gasteiger partial charge in [-0.25, -0.2) is 0 Å². The Morgan fingerprint density at radius 1 is 1.00 bits per heavy atom. The Morgan fingerprint density at radius 2 is 1.83 bits per heavy atom. The second kappa shape index (κ2) is 6.59. The summed E-state index contributed by atoms with van der Waals surface area (Å²) in [6.45, 7) is 0. The van der Waals surface area contributed by atoms with Gasteiger partial charge in [0.05, 0.1) is 15.8 Å². The van der Waals surface area contributed by atoms with E-state index in [1.165, 1.54) is 5.56 Å². The maximum absolute atomic E-state index is 6.13. The predicted octanol–water partition coefficient (Wildman–Crippen LogP) is 4.53. The molecule has 1 aliphatic rings. The Morgan fingerprint density at radius 3 is 2.62 bits per heavy atom. The second-order valence-corrected chi connectivity index (χ2v) is 7.09. The smallest absolute Gasteiger partial charge is 0.191 e. The van der Waals surface area contributed by atoms with Crippen molar-refractivity contribution in [3.63, 3.8) is 0 Å². The third-order valence-electron chi connectivity index (χ3n) is 3.69. The highest BCUT2D eigenvalue weighted by atomic mass is 35.5. The molecule has 0 fully saturated rings. The normalized spacial score (nSPS) is 13.5. The summed E-state index contributed by atoms with van der Waals surface area (Å²) in [6.07, 6.45) is 0.687. The van der Waals surface area contributed by atoms with E-state index in [1.54, 1.807) is 17.8 Å². The van der Waals surface area contributed by atoms with Crippen LogP contribution in [0.1, 0.15) is 17.0 Å². The maximum Gasteiger partial charge on any atom is 0.212 e. The summed E-state index contributed by atoms with van der Waals surface area (Å²) in [6, 6.07) is 15.7. The van der Waals surface area contributed by atoms with Crippen LogP contribution in [-0.2, 0) is 6.42 Å². The minimum atomic E-state index is 0.529. The van der Waals surface area contributed by atoms with Gasteiger partial charge < -0.3 is 0 Å². The molecule has 0 radical (unpaired) electrons. The molecule has 0 unspecified atom stereocenters. The van der Waals surface area contributed by atoms with Crippen molar-refractivity contribution < 1.29 is 0 Å². The number of hydrogen-bond acceptors (Lipinski definition) is 4. The van der Waals surface area contributed by atoms with Gasteiger partial charge in [0.2, 0.25) is 5.16 Å². The van der Waals surface area contributed by atoms with Crippen LogP contribution in [-0.4, -0.2) is 26.3 Å². The summed E-state index contributed by atoms with van der Waals surface area (Å²) in [5.41, 5.74) is 3.07. The first-order valence-electron chi connectivity index (χ1n) is 7.35. The number of halogens is 2. The maximum atomic E-state index is 6.13. The minimum absolute atomic E-state index is 0.529. The summed E-state index contributed by atoms with van der Waals surface area (Å²) < 4.78 is 1.82. The van der Waals surface area contributed by atoms with Crippen molar-refractivity contribution in [2.24, 2.45) is 5.10 Å². The van der Waals surface area contributed by atoms with Crippen LogP contribution >= 0.6 is 35.0 Å². The van der Waals surface area contributed by atoms with Crippen LogP contribution in [0.2, 0.25) is 10.0 Å². The molecule has 0 saturated carbocycles. The number of nitrogens with zero attached hydrogens (tertiary/aromatic N) is 4. The highest BCUT2D eigenvalue weighted by Crippen LogP contribution is 2.28. The molecule has 0 spiro atoms. The average Bonchev–Trinajstić information content (AvgIpc) is 3.00. The number of benzene rings is 2. The number of thioether (sulfide) groups is 1. The summed E-state index contributed by atoms with van der Waals surface area (Å²) in [4.78, 5) is 0. The average molecular weight is 375 g/mol. The highest BCUT2D eigenvalue weighted by molar-refractivity contribution is 7.99.